The zero-order valence-corrected chi connectivity index (χ0v) is 11.3. The number of carbonyl (C=O) groups is 1. The van der Waals surface area contributed by atoms with Crippen LogP contribution >= 0.6 is 0 Å². The van der Waals surface area contributed by atoms with Gasteiger partial charge in [-0.3, -0.25) is 4.79 Å². The van der Waals surface area contributed by atoms with Gasteiger partial charge >= 0.3 is 0 Å². The summed E-state index contributed by atoms with van der Waals surface area (Å²) >= 11 is 0. The highest BCUT2D eigenvalue weighted by Crippen LogP contribution is 2.25. The molecule has 20 heavy (non-hydrogen) atoms. The van der Waals surface area contributed by atoms with Crippen LogP contribution in [0.5, 0.6) is 0 Å². The molecule has 2 aromatic rings. The number of nitrogens with zero attached hydrogens (tertiary/aromatic N) is 4. The van der Waals surface area contributed by atoms with Gasteiger partial charge in [0.1, 0.15) is 0 Å². The van der Waals surface area contributed by atoms with E-state index in [0.717, 1.165) is 25.0 Å². The Balaban J connectivity index is 1.80. The maximum atomic E-state index is 12.2. The van der Waals surface area contributed by atoms with Gasteiger partial charge in [-0.1, -0.05) is 6.42 Å². The highest BCUT2D eigenvalue weighted by atomic mass is 16.3. The minimum atomic E-state index is -0.305. The first-order chi connectivity index (χ1) is 9.69. The molecule has 0 aromatic carbocycles. The van der Waals surface area contributed by atoms with Crippen molar-refractivity contribution < 1.29 is 9.90 Å². The molecule has 2 atom stereocenters. The summed E-state index contributed by atoms with van der Waals surface area (Å²) in [5.41, 5.74) is 0.871. The third kappa shape index (κ3) is 2.24. The molecule has 1 aliphatic rings. The number of aromatic nitrogens is 4. The van der Waals surface area contributed by atoms with Gasteiger partial charge in [0.25, 0.3) is 11.7 Å². The SMILES string of the molecule is Cc1ccnc2nc(C(=O)NC3CCCC3CO)nn12. The predicted octanol–water partition coefficient (Wildman–Crippen LogP) is 0.324. The Morgan fingerprint density at radius 2 is 2.40 bits per heavy atom. The smallest absolute Gasteiger partial charge is 0.291 e. The van der Waals surface area contributed by atoms with Crippen LogP contribution in [0.1, 0.15) is 35.6 Å². The Labute approximate surface area is 116 Å². The Bertz CT molecular complexity index is 639. The van der Waals surface area contributed by atoms with E-state index in [-0.39, 0.29) is 30.3 Å². The molecule has 3 rings (SSSR count). The lowest BCUT2D eigenvalue weighted by atomic mass is 10.1. The summed E-state index contributed by atoms with van der Waals surface area (Å²) in [6.07, 6.45) is 4.50. The van der Waals surface area contributed by atoms with Gasteiger partial charge in [0, 0.05) is 30.5 Å². The van der Waals surface area contributed by atoms with Crippen LogP contribution in [-0.2, 0) is 0 Å². The van der Waals surface area contributed by atoms with Gasteiger partial charge in [0.15, 0.2) is 0 Å². The second kappa shape index (κ2) is 5.16. The van der Waals surface area contributed by atoms with Crippen LogP contribution in [0.25, 0.3) is 5.78 Å². The van der Waals surface area contributed by atoms with Gasteiger partial charge in [0.05, 0.1) is 0 Å². The van der Waals surface area contributed by atoms with Crippen LogP contribution < -0.4 is 5.32 Å². The van der Waals surface area contributed by atoms with E-state index < -0.39 is 0 Å². The van der Waals surface area contributed by atoms with Crippen molar-refractivity contribution in [1.82, 2.24) is 24.9 Å². The van der Waals surface area contributed by atoms with Gasteiger partial charge in [-0.05, 0) is 25.8 Å². The van der Waals surface area contributed by atoms with Crippen molar-refractivity contribution in [2.24, 2.45) is 5.92 Å². The zero-order valence-electron chi connectivity index (χ0n) is 11.3. The molecule has 2 aromatic heterocycles. The first-order valence-corrected chi connectivity index (χ1v) is 6.79. The van der Waals surface area contributed by atoms with E-state index in [1.807, 2.05) is 13.0 Å². The van der Waals surface area contributed by atoms with Gasteiger partial charge < -0.3 is 10.4 Å². The molecule has 2 N–H and O–H groups in total. The first kappa shape index (κ1) is 13.0. The molecule has 2 heterocycles. The number of carbonyl (C=O) groups excluding carboxylic acids is 1. The fourth-order valence-electron chi connectivity index (χ4n) is 2.68. The minimum Gasteiger partial charge on any atom is -0.396 e. The summed E-state index contributed by atoms with van der Waals surface area (Å²) in [5.74, 6) is 0.367. The lowest BCUT2D eigenvalue weighted by Gasteiger charge is -2.17. The van der Waals surface area contributed by atoms with E-state index in [1.165, 1.54) is 0 Å². The Kier molecular flexibility index (Phi) is 3.35. The molecular formula is C13H17N5O2. The number of aryl methyl sites for hydroxylation is 1. The molecule has 1 saturated carbocycles. The molecule has 1 amide bonds. The highest BCUT2D eigenvalue weighted by molar-refractivity contribution is 5.91. The van der Waals surface area contributed by atoms with Crippen molar-refractivity contribution in [3.63, 3.8) is 0 Å². The number of aliphatic hydroxyl groups excluding tert-OH is 1. The number of amides is 1. The van der Waals surface area contributed by atoms with E-state index in [2.05, 4.69) is 20.4 Å². The molecule has 0 spiro atoms. The van der Waals surface area contributed by atoms with Crippen molar-refractivity contribution in [2.75, 3.05) is 6.61 Å². The van der Waals surface area contributed by atoms with E-state index in [4.69, 9.17) is 0 Å². The van der Waals surface area contributed by atoms with Gasteiger partial charge in [-0.2, -0.15) is 4.98 Å². The van der Waals surface area contributed by atoms with Crippen LogP contribution in [0.15, 0.2) is 12.3 Å². The van der Waals surface area contributed by atoms with Crippen LogP contribution in [0.3, 0.4) is 0 Å². The maximum absolute atomic E-state index is 12.2. The summed E-state index contributed by atoms with van der Waals surface area (Å²) in [7, 11) is 0. The number of aliphatic hydroxyl groups is 1. The molecule has 7 nitrogen and oxygen atoms in total. The number of hydrogen-bond donors (Lipinski definition) is 2. The average molecular weight is 275 g/mol. The lowest BCUT2D eigenvalue weighted by Crippen LogP contribution is -2.39. The fourth-order valence-corrected chi connectivity index (χ4v) is 2.68. The van der Waals surface area contributed by atoms with E-state index in [9.17, 15) is 9.90 Å². The third-order valence-electron chi connectivity index (χ3n) is 3.84. The van der Waals surface area contributed by atoms with Crippen LogP contribution in [0.2, 0.25) is 0 Å². The normalized spacial score (nSPS) is 22.3. The quantitative estimate of drug-likeness (QED) is 0.841. The summed E-state index contributed by atoms with van der Waals surface area (Å²) < 4.78 is 1.55. The van der Waals surface area contributed by atoms with E-state index >= 15 is 0 Å². The van der Waals surface area contributed by atoms with Gasteiger partial charge in [0.2, 0.25) is 5.82 Å². The molecule has 0 saturated heterocycles. The molecule has 0 bridgehead atoms. The average Bonchev–Trinajstić information content (AvgIpc) is 3.05. The topological polar surface area (TPSA) is 92.4 Å². The van der Waals surface area contributed by atoms with Crippen molar-refractivity contribution in [1.29, 1.82) is 0 Å². The van der Waals surface area contributed by atoms with Crippen LogP contribution in [0, 0.1) is 12.8 Å². The Hall–Kier alpha value is -2.02. The Morgan fingerprint density at radius 1 is 1.55 bits per heavy atom. The van der Waals surface area contributed by atoms with Crippen LogP contribution in [0.4, 0.5) is 0 Å². The first-order valence-electron chi connectivity index (χ1n) is 6.79. The Morgan fingerprint density at radius 3 is 3.15 bits per heavy atom. The van der Waals surface area contributed by atoms with E-state index in [0.29, 0.717) is 5.78 Å². The molecule has 0 aliphatic heterocycles. The van der Waals surface area contributed by atoms with E-state index in [1.54, 1.807) is 10.7 Å². The molecule has 0 radical (unpaired) electrons. The standard InChI is InChI=1S/C13H17N5O2/c1-8-5-6-14-13-16-11(17-18(8)13)12(20)15-10-4-2-3-9(10)7-19/h5-6,9-10,19H,2-4,7H2,1H3,(H,15,20). The lowest BCUT2D eigenvalue weighted by molar-refractivity contribution is 0.0905. The third-order valence-corrected chi connectivity index (χ3v) is 3.84. The zero-order chi connectivity index (χ0) is 14.1. The van der Waals surface area contributed by atoms with Gasteiger partial charge in [-0.15, -0.1) is 5.10 Å². The number of rotatable bonds is 3. The number of hydrogen-bond acceptors (Lipinski definition) is 5. The van der Waals surface area contributed by atoms with Crippen molar-refractivity contribution >= 4 is 11.7 Å². The van der Waals surface area contributed by atoms with Crippen molar-refractivity contribution in [2.45, 2.75) is 32.2 Å². The minimum absolute atomic E-state index is 0.00756. The molecule has 106 valence electrons. The summed E-state index contributed by atoms with van der Waals surface area (Å²) in [4.78, 5) is 20.4. The molecular weight excluding hydrogens is 258 g/mol. The number of nitrogens with one attached hydrogen (secondary N) is 1. The second-order valence-corrected chi connectivity index (χ2v) is 5.19. The monoisotopic (exact) mass is 275 g/mol. The molecule has 7 heteroatoms. The van der Waals surface area contributed by atoms with Crippen molar-refractivity contribution in [3.8, 4) is 0 Å². The second-order valence-electron chi connectivity index (χ2n) is 5.19. The highest BCUT2D eigenvalue weighted by Gasteiger charge is 2.29. The van der Waals surface area contributed by atoms with Crippen molar-refractivity contribution in [3.05, 3.63) is 23.8 Å². The molecule has 2 unspecified atom stereocenters. The molecule has 1 fully saturated rings. The number of fused-ring (bicyclic) bond motifs is 1. The molecule has 1 aliphatic carbocycles. The summed E-state index contributed by atoms with van der Waals surface area (Å²) in [6.45, 7) is 1.98. The maximum Gasteiger partial charge on any atom is 0.291 e. The fraction of sp³-hybridized carbons (Fsp3) is 0.538. The van der Waals surface area contributed by atoms with Gasteiger partial charge in [-0.25, -0.2) is 9.50 Å². The van der Waals surface area contributed by atoms with Crippen LogP contribution in [-0.4, -0.2) is 43.2 Å². The largest absolute Gasteiger partial charge is 0.396 e. The predicted molar refractivity (Wildman–Crippen MR) is 71.2 cm³/mol. The summed E-state index contributed by atoms with van der Waals surface area (Å²) in [5, 5.41) is 16.4. The summed E-state index contributed by atoms with van der Waals surface area (Å²) in [6, 6.07) is 1.82.